The Kier molecular flexibility index (Phi) is 3.28. The topological polar surface area (TPSA) is 45.7 Å². The number of anilines is 2. The van der Waals surface area contributed by atoms with Gasteiger partial charge in [-0.2, -0.15) is 0 Å². The van der Waals surface area contributed by atoms with E-state index in [2.05, 4.69) is 16.7 Å². The van der Waals surface area contributed by atoms with E-state index in [9.17, 15) is 0 Å². The predicted octanol–water partition coefficient (Wildman–Crippen LogP) is 3.55. The van der Waals surface area contributed by atoms with Gasteiger partial charge in [-0.15, -0.1) is 0 Å². The first-order chi connectivity index (χ1) is 10.8. The summed E-state index contributed by atoms with van der Waals surface area (Å²) < 4.78 is 5.43. The molecule has 0 bridgehead atoms. The molecule has 22 heavy (non-hydrogen) atoms. The monoisotopic (exact) mass is 313 g/mol. The minimum absolute atomic E-state index is 0.229. The van der Waals surface area contributed by atoms with E-state index in [-0.39, 0.29) is 5.54 Å². The first-order valence-electron chi connectivity index (χ1n) is 7.27. The van der Waals surface area contributed by atoms with E-state index >= 15 is 0 Å². The molecular formula is C17H16ClN3O. The molecule has 4 rings (SSSR count). The maximum Gasteiger partial charge on any atom is 0.142 e. The van der Waals surface area contributed by atoms with Crippen LogP contribution in [0.1, 0.15) is 5.56 Å². The third-order valence-electron chi connectivity index (χ3n) is 4.01. The molecule has 4 nitrogen and oxygen atoms in total. The van der Waals surface area contributed by atoms with Crippen LogP contribution in [-0.2, 0) is 11.3 Å². The molecule has 2 aromatic rings. The van der Waals surface area contributed by atoms with Gasteiger partial charge in [0.1, 0.15) is 11.4 Å². The van der Waals surface area contributed by atoms with Crippen LogP contribution in [0, 0.1) is 0 Å². The van der Waals surface area contributed by atoms with E-state index in [4.69, 9.17) is 21.3 Å². The average molecular weight is 314 g/mol. The molecular weight excluding hydrogens is 298 g/mol. The highest BCUT2D eigenvalue weighted by atomic mass is 35.5. The van der Waals surface area contributed by atoms with Gasteiger partial charge in [-0.05, 0) is 29.8 Å². The van der Waals surface area contributed by atoms with Gasteiger partial charge in [-0.1, -0.05) is 35.9 Å². The van der Waals surface area contributed by atoms with Crippen molar-refractivity contribution in [2.24, 2.45) is 4.99 Å². The number of nitrogens with zero attached hydrogens (tertiary/aromatic N) is 1. The number of hydrogen-bond acceptors (Lipinski definition) is 3. The van der Waals surface area contributed by atoms with Gasteiger partial charge >= 0.3 is 0 Å². The van der Waals surface area contributed by atoms with Crippen molar-refractivity contribution in [3.8, 4) is 0 Å². The number of rotatable bonds is 2. The lowest BCUT2D eigenvalue weighted by molar-refractivity contribution is -0.00779. The number of para-hydroxylation sites is 2. The molecule has 0 aliphatic carbocycles. The Morgan fingerprint density at radius 2 is 1.91 bits per heavy atom. The smallest absolute Gasteiger partial charge is 0.142 e. The summed E-state index contributed by atoms with van der Waals surface area (Å²) >= 11 is 6.03. The molecule has 5 heteroatoms. The molecule has 1 spiro atoms. The fraction of sp³-hybridized carbons (Fsp3) is 0.235. The van der Waals surface area contributed by atoms with Crippen LogP contribution in [0.15, 0.2) is 53.5 Å². The van der Waals surface area contributed by atoms with E-state index in [1.807, 2.05) is 42.5 Å². The first-order valence-corrected chi connectivity index (χ1v) is 7.64. The number of hydrogen-bond donors (Lipinski definition) is 2. The highest BCUT2D eigenvalue weighted by Gasteiger charge is 2.46. The Morgan fingerprint density at radius 1 is 1.09 bits per heavy atom. The van der Waals surface area contributed by atoms with Gasteiger partial charge < -0.3 is 15.4 Å². The third-order valence-corrected chi connectivity index (χ3v) is 4.25. The van der Waals surface area contributed by atoms with Crippen LogP contribution < -0.4 is 10.6 Å². The molecule has 2 aromatic carbocycles. The molecule has 0 radical (unpaired) electrons. The molecule has 2 aliphatic rings. The molecule has 0 saturated carbocycles. The third kappa shape index (κ3) is 2.34. The summed E-state index contributed by atoms with van der Waals surface area (Å²) in [5, 5.41) is 7.75. The molecule has 0 amide bonds. The van der Waals surface area contributed by atoms with Crippen LogP contribution in [0.2, 0.25) is 5.02 Å². The van der Waals surface area contributed by atoms with E-state index < -0.39 is 0 Å². The van der Waals surface area contributed by atoms with Crippen molar-refractivity contribution >= 4 is 28.8 Å². The van der Waals surface area contributed by atoms with Crippen LogP contribution >= 0.6 is 11.6 Å². The van der Waals surface area contributed by atoms with Crippen molar-refractivity contribution in [2.75, 3.05) is 23.8 Å². The van der Waals surface area contributed by atoms with Crippen LogP contribution in [0.4, 0.5) is 11.4 Å². The highest BCUT2D eigenvalue weighted by Crippen LogP contribution is 2.35. The number of aliphatic imine (C=N–C) groups is 1. The Morgan fingerprint density at radius 3 is 2.64 bits per heavy atom. The molecule has 1 saturated heterocycles. The van der Waals surface area contributed by atoms with Gasteiger partial charge in [0.05, 0.1) is 31.1 Å². The molecule has 2 heterocycles. The molecule has 2 N–H and O–H groups in total. The number of ether oxygens (including phenoxy) is 1. The fourth-order valence-electron chi connectivity index (χ4n) is 2.78. The molecule has 0 atom stereocenters. The standard InChI is InChI=1S/C17H16ClN3O/c18-13-5-3-4-12(8-13)9-19-16-17(10-22-11-17)21-15-7-2-1-6-14(15)20-16/h1-8,21H,9-11H2,(H,19,20). The maximum atomic E-state index is 6.03. The van der Waals surface area contributed by atoms with Crippen LogP contribution in [0.5, 0.6) is 0 Å². The van der Waals surface area contributed by atoms with E-state index in [0.717, 1.165) is 27.8 Å². The van der Waals surface area contributed by atoms with Crippen molar-refractivity contribution < 1.29 is 4.74 Å². The second-order valence-corrected chi connectivity index (χ2v) is 6.10. The minimum atomic E-state index is -0.229. The van der Waals surface area contributed by atoms with Crippen LogP contribution in [0.25, 0.3) is 0 Å². The highest BCUT2D eigenvalue weighted by molar-refractivity contribution is 6.30. The zero-order chi connectivity index (χ0) is 15.0. The van der Waals surface area contributed by atoms with E-state index in [1.165, 1.54) is 0 Å². The minimum Gasteiger partial charge on any atom is -0.375 e. The van der Waals surface area contributed by atoms with Gasteiger partial charge in [0.25, 0.3) is 0 Å². The zero-order valence-electron chi connectivity index (χ0n) is 12.0. The number of amidine groups is 1. The van der Waals surface area contributed by atoms with Gasteiger partial charge in [0, 0.05) is 5.02 Å². The summed E-state index contributed by atoms with van der Waals surface area (Å²) in [6.07, 6.45) is 0. The first kappa shape index (κ1) is 13.6. The van der Waals surface area contributed by atoms with Crippen molar-refractivity contribution in [1.29, 1.82) is 0 Å². The maximum absolute atomic E-state index is 6.03. The second kappa shape index (κ2) is 5.30. The number of halogens is 1. The Bertz CT molecular complexity index is 740. The fourth-order valence-corrected chi connectivity index (χ4v) is 2.99. The van der Waals surface area contributed by atoms with Crippen LogP contribution in [-0.4, -0.2) is 24.6 Å². The number of fused-ring (bicyclic) bond motifs is 1. The van der Waals surface area contributed by atoms with E-state index in [0.29, 0.717) is 19.8 Å². The quantitative estimate of drug-likeness (QED) is 0.891. The Hall–Kier alpha value is -2.04. The van der Waals surface area contributed by atoms with Crippen molar-refractivity contribution in [3.05, 3.63) is 59.1 Å². The lowest BCUT2D eigenvalue weighted by Crippen LogP contribution is -2.65. The summed E-state index contributed by atoms with van der Waals surface area (Å²) in [4.78, 5) is 4.77. The van der Waals surface area contributed by atoms with Gasteiger partial charge in [0.2, 0.25) is 0 Å². The molecule has 2 aliphatic heterocycles. The Balaban J connectivity index is 1.63. The Labute approximate surface area is 134 Å². The van der Waals surface area contributed by atoms with Crippen molar-refractivity contribution in [2.45, 2.75) is 12.1 Å². The largest absolute Gasteiger partial charge is 0.375 e. The lowest BCUT2D eigenvalue weighted by atomic mass is 9.92. The predicted molar refractivity (Wildman–Crippen MR) is 89.8 cm³/mol. The molecule has 0 unspecified atom stereocenters. The SMILES string of the molecule is Clc1cccc(CN=C2Nc3ccccc3NC23COC3)c1. The van der Waals surface area contributed by atoms with Gasteiger partial charge in [-0.25, -0.2) is 0 Å². The summed E-state index contributed by atoms with van der Waals surface area (Å²) in [5.41, 5.74) is 3.00. The normalized spacial score (nSPS) is 20.0. The van der Waals surface area contributed by atoms with Gasteiger partial charge in [-0.3, -0.25) is 4.99 Å². The number of nitrogens with one attached hydrogen (secondary N) is 2. The van der Waals surface area contributed by atoms with Crippen molar-refractivity contribution in [3.63, 3.8) is 0 Å². The van der Waals surface area contributed by atoms with Gasteiger partial charge in [0.15, 0.2) is 0 Å². The molecule has 1 fully saturated rings. The summed E-state index contributed by atoms with van der Waals surface area (Å²) in [6.45, 7) is 1.85. The summed E-state index contributed by atoms with van der Waals surface area (Å²) in [6, 6.07) is 15.9. The van der Waals surface area contributed by atoms with Crippen molar-refractivity contribution in [1.82, 2.24) is 0 Å². The number of benzene rings is 2. The molecule has 0 aromatic heterocycles. The molecule has 112 valence electrons. The average Bonchev–Trinajstić information content (AvgIpc) is 2.50. The zero-order valence-corrected chi connectivity index (χ0v) is 12.7. The van der Waals surface area contributed by atoms with Crippen LogP contribution in [0.3, 0.4) is 0 Å². The summed E-state index contributed by atoms with van der Waals surface area (Å²) in [7, 11) is 0. The second-order valence-electron chi connectivity index (χ2n) is 5.67. The summed E-state index contributed by atoms with van der Waals surface area (Å²) in [5.74, 6) is 0.928. The lowest BCUT2D eigenvalue weighted by Gasteiger charge is -2.46. The van der Waals surface area contributed by atoms with E-state index in [1.54, 1.807) is 0 Å².